The first kappa shape index (κ1) is 8.17. The molecular weight excluding hydrogens is 194 g/mol. The van der Waals surface area contributed by atoms with Crippen LogP contribution >= 0.6 is 11.3 Å². The van der Waals surface area contributed by atoms with Gasteiger partial charge in [0.05, 0.1) is 17.4 Å². The highest BCUT2D eigenvalue weighted by molar-refractivity contribution is 7.16. The number of rotatable bonds is 2. The molecule has 0 unspecified atom stereocenters. The number of thiazole rings is 1. The van der Waals surface area contributed by atoms with Crippen molar-refractivity contribution in [2.75, 3.05) is 12.4 Å². The van der Waals surface area contributed by atoms with E-state index in [0.717, 1.165) is 16.0 Å². The van der Waals surface area contributed by atoms with Crippen molar-refractivity contribution in [1.82, 2.24) is 9.97 Å². The Morgan fingerprint density at radius 3 is 3.00 bits per heavy atom. The Kier molecular flexibility index (Phi) is 1.70. The van der Waals surface area contributed by atoms with Crippen molar-refractivity contribution >= 4 is 27.4 Å². The third-order valence-corrected chi connectivity index (χ3v) is 3.39. The molecule has 1 aliphatic rings. The fraction of sp³-hybridized carbons (Fsp3) is 0.400. The van der Waals surface area contributed by atoms with Crippen molar-refractivity contribution in [2.45, 2.75) is 18.8 Å². The second kappa shape index (κ2) is 2.92. The molecule has 3 rings (SSSR count). The number of nitrogens with zero attached hydrogens (tertiary/aromatic N) is 2. The molecule has 3 nitrogen and oxygen atoms in total. The maximum Gasteiger partial charge on any atom is 0.143 e. The largest absolute Gasteiger partial charge is 0.387 e. The minimum atomic E-state index is 0.713. The molecule has 1 fully saturated rings. The van der Waals surface area contributed by atoms with Crippen LogP contribution in [0.5, 0.6) is 0 Å². The van der Waals surface area contributed by atoms with E-state index < -0.39 is 0 Å². The summed E-state index contributed by atoms with van der Waals surface area (Å²) in [6.45, 7) is 0. The predicted molar refractivity (Wildman–Crippen MR) is 58.9 cm³/mol. The van der Waals surface area contributed by atoms with Crippen LogP contribution in [-0.2, 0) is 0 Å². The SMILES string of the molecule is CNc1cnc2scnc2c1C1CC1. The Balaban J connectivity index is 2.31. The first-order valence-corrected chi connectivity index (χ1v) is 5.68. The summed E-state index contributed by atoms with van der Waals surface area (Å²) in [5, 5.41) is 3.20. The molecule has 0 aliphatic heterocycles. The van der Waals surface area contributed by atoms with Gasteiger partial charge in [-0.2, -0.15) is 0 Å². The molecule has 0 amide bonds. The first-order valence-electron chi connectivity index (χ1n) is 4.80. The summed E-state index contributed by atoms with van der Waals surface area (Å²) in [6.07, 6.45) is 4.52. The lowest BCUT2D eigenvalue weighted by atomic mass is 10.1. The molecule has 4 heteroatoms. The van der Waals surface area contributed by atoms with Crippen molar-refractivity contribution in [3.8, 4) is 0 Å². The zero-order chi connectivity index (χ0) is 9.54. The average molecular weight is 205 g/mol. The van der Waals surface area contributed by atoms with Crippen LogP contribution in [-0.4, -0.2) is 17.0 Å². The number of pyridine rings is 1. The van der Waals surface area contributed by atoms with Crippen LogP contribution in [0.25, 0.3) is 10.3 Å². The van der Waals surface area contributed by atoms with E-state index in [1.54, 1.807) is 11.3 Å². The standard InChI is InChI=1S/C10H11N3S/c1-11-7-4-12-10-9(13-5-14-10)8(7)6-2-3-6/h4-6,11H,2-3H2,1H3. The second-order valence-corrected chi connectivity index (χ2v) is 4.45. The summed E-state index contributed by atoms with van der Waals surface area (Å²) in [7, 11) is 1.95. The Morgan fingerprint density at radius 1 is 1.43 bits per heavy atom. The Bertz CT molecular complexity index is 473. The highest BCUT2D eigenvalue weighted by Gasteiger charge is 2.29. The second-order valence-electron chi connectivity index (χ2n) is 3.62. The molecular formula is C10H11N3S. The fourth-order valence-electron chi connectivity index (χ4n) is 1.82. The van der Waals surface area contributed by atoms with Crippen LogP contribution < -0.4 is 5.32 Å². The van der Waals surface area contributed by atoms with Crippen LogP contribution in [0.1, 0.15) is 24.3 Å². The van der Waals surface area contributed by atoms with E-state index in [-0.39, 0.29) is 0 Å². The Labute approximate surface area is 86.2 Å². The molecule has 1 N–H and O–H groups in total. The summed E-state index contributed by atoms with van der Waals surface area (Å²) in [4.78, 5) is 9.84. The number of aromatic nitrogens is 2. The fourth-order valence-corrected chi connectivity index (χ4v) is 2.47. The van der Waals surface area contributed by atoms with Crippen LogP contribution in [0.2, 0.25) is 0 Å². The number of nitrogens with one attached hydrogen (secondary N) is 1. The molecule has 2 aromatic rings. The quantitative estimate of drug-likeness (QED) is 0.819. The highest BCUT2D eigenvalue weighted by atomic mass is 32.1. The number of anilines is 1. The summed E-state index contributed by atoms with van der Waals surface area (Å²) < 4.78 is 0. The van der Waals surface area contributed by atoms with Gasteiger partial charge in [-0.3, -0.25) is 0 Å². The third kappa shape index (κ3) is 1.10. The molecule has 2 aromatic heterocycles. The van der Waals surface area contributed by atoms with Gasteiger partial charge in [0.25, 0.3) is 0 Å². The average Bonchev–Trinajstić information content (AvgIpc) is 2.93. The smallest absolute Gasteiger partial charge is 0.143 e. The summed E-state index contributed by atoms with van der Waals surface area (Å²) in [5.41, 5.74) is 5.50. The molecule has 72 valence electrons. The van der Waals surface area contributed by atoms with Crippen molar-refractivity contribution in [1.29, 1.82) is 0 Å². The zero-order valence-electron chi connectivity index (χ0n) is 7.95. The van der Waals surface area contributed by atoms with Crippen LogP contribution in [0.15, 0.2) is 11.7 Å². The van der Waals surface area contributed by atoms with E-state index in [1.807, 2.05) is 18.8 Å². The molecule has 0 aromatic carbocycles. The number of fused-ring (bicyclic) bond motifs is 1. The van der Waals surface area contributed by atoms with Crippen molar-refractivity contribution in [3.63, 3.8) is 0 Å². The van der Waals surface area contributed by atoms with Gasteiger partial charge in [-0.1, -0.05) is 0 Å². The van der Waals surface area contributed by atoms with E-state index in [4.69, 9.17) is 0 Å². The molecule has 2 heterocycles. The van der Waals surface area contributed by atoms with Crippen LogP contribution in [0.3, 0.4) is 0 Å². The Morgan fingerprint density at radius 2 is 2.29 bits per heavy atom. The molecule has 1 aliphatic carbocycles. The minimum Gasteiger partial charge on any atom is -0.387 e. The number of hydrogen-bond donors (Lipinski definition) is 1. The zero-order valence-corrected chi connectivity index (χ0v) is 8.77. The van der Waals surface area contributed by atoms with Gasteiger partial charge in [0.1, 0.15) is 10.3 Å². The van der Waals surface area contributed by atoms with E-state index in [0.29, 0.717) is 5.92 Å². The topological polar surface area (TPSA) is 37.8 Å². The van der Waals surface area contributed by atoms with Gasteiger partial charge < -0.3 is 5.32 Å². The maximum absolute atomic E-state index is 4.40. The van der Waals surface area contributed by atoms with E-state index >= 15 is 0 Å². The van der Waals surface area contributed by atoms with Gasteiger partial charge in [-0.05, 0) is 18.8 Å². The van der Waals surface area contributed by atoms with Crippen molar-refractivity contribution in [3.05, 3.63) is 17.3 Å². The van der Waals surface area contributed by atoms with Crippen LogP contribution in [0.4, 0.5) is 5.69 Å². The van der Waals surface area contributed by atoms with Gasteiger partial charge in [0.2, 0.25) is 0 Å². The molecule has 0 saturated heterocycles. The minimum absolute atomic E-state index is 0.713. The molecule has 0 spiro atoms. The van der Waals surface area contributed by atoms with E-state index in [2.05, 4.69) is 15.3 Å². The van der Waals surface area contributed by atoms with Gasteiger partial charge in [0.15, 0.2) is 0 Å². The van der Waals surface area contributed by atoms with Gasteiger partial charge in [-0.15, -0.1) is 11.3 Å². The van der Waals surface area contributed by atoms with Crippen LogP contribution in [0, 0.1) is 0 Å². The molecule has 0 radical (unpaired) electrons. The summed E-state index contributed by atoms with van der Waals surface area (Å²) in [5.74, 6) is 0.713. The van der Waals surface area contributed by atoms with Gasteiger partial charge in [-0.25, -0.2) is 9.97 Å². The lowest BCUT2D eigenvalue weighted by Crippen LogP contribution is -1.96. The molecule has 0 atom stereocenters. The monoisotopic (exact) mass is 205 g/mol. The van der Waals surface area contributed by atoms with Gasteiger partial charge >= 0.3 is 0 Å². The summed E-state index contributed by atoms with van der Waals surface area (Å²) >= 11 is 1.62. The maximum atomic E-state index is 4.40. The molecule has 14 heavy (non-hydrogen) atoms. The third-order valence-electron chi connectivity index (χ3n) is 2.66. The first-order chi connectivity index (χ1) is 6.90. The number of hydrogen-bond acceptors (Lipinski definition) is 4. The summed E-state index contributed by atoms with van der Waals surface area (Å²) in [6, 6.07) is 0. The predicted octanol–water partition coefficient (Wildman–Crippen LogP) is 2.61. The Hall–Kier alpha value is -1.16. The normalized spacial score (nSPS) is 16.1. The van der Waals surface area contributed by atoms with E-state index in [9.17, 15) is 0 Å². The van der Waals surface area contributed by atoms with E-state index in [1.165, 1.54) is 18.4 Å². The van der Waals surface area contributed by atoms with Crippen molar-refractivity contribution < 1.29 is 0 Å². The lowest BCUT2D eigenvalue weighted by molar-refractivity contribution is 1.13. The lowest BCUT2D eigenvalue weighted by Gasteiger charge is -2.07. The molecule has 1 saturated carbocycles. The van der Waals surface area contributed by atoms with Gasteiger partial charge in [0, 0.05) is 12.6 Å². The highest BCUT2D eigenvalue weighted by Crippen LogP contribution is 2.46. The molecule has 0 bridgehead atoms. The van der Waals surface area contributed by atoms with Crippen molar-refractivity contribution in [2.24, 2.45) is 0 Å².